The molecule has 1 aliphatic carbocycles. The van der Waals surface area contributed by atoms with Gasteiger partial charge < -0.3 is 9.64 Å². The van der Waals surface area contributed by atoms with Gasteiger partial charge >= 0.3 is 0 Å². The molecule has 0 spiro atoms. The average Bonchev–Trinajstić information content (AvgIpc) is 2.74. The van der Waals surface area contributed by atoms with Crippen LogP contribution in [0, 0.1) is 0 Å². The van der Waals surface area contributed by atoms with Crippen molar-refractivity contribution >= 4 is 5.82 Å². The van der Waals surface area contributed by atoms with Crippen LogP contribution in [0.25, 0.3) is 0 Å². The molecule has 0 N–H and O–H groups in total. The maximum atomic E-state index is 5.59. The predicted octanol–water partition coefficient (Wildman–Crippen LogP) is 4.11. The van der Waals surface area contributed by atoms with Crippen molar-refractivity contribution in [3.05, 3.63) is 53.7 Å². The van der Waals surface area contributed by atoms with E-state index in [0.717, 1.165) is 37.7 Å². The van der Waals surface area contributed by atoms with Crippen molar-refractivity contribution in [1.29, 1.82) is 0 Å². The Morgan fingerprint density at radius 1 is 1.07 bits per heavy atom. The minimum absolute atomic E-state index is 0.707. The van der Waals surface area contributed by atoms with Gasteiger partial charge in [-0.05, 0) is 73.9 Å². The highest BCUT2D eigenvalue weighted by Gasteiger charge is 2.23. The Morgan fingerprint density at radius 3 is 2.74 bits per heavy atom. The monoisotopic (exact) mass is 365 g/mol. The van der Waals surface area contributed by atoms with E-state index in [1.165, 1.54) is 44.2 Å². The molecule has 4 rings (SSSR count). The number of methoxy groups -OCH3 is 1. The van der Waals surface area contributed by atoms with Gasteiger partial charge in [-0.1, -0.05) is 18.2 Å². The number of hydrogen-bond acceptors (Lipinski definition) is 4. The number of fused-ring (bicyclic) bond motifs is 1. The standard InChI is InChI=1S/C23H31N3O/c1-27-22-11-5-9-20-19(7-4-10-21(20)22)8-6-14-25-15-17-26(18-16-25)23-12-2-3-13-24-23/h2-3,5,9,11-13,19H,4,6-8,10,14-18H2,1H3/t19-/m1/s1. The smallest absolute Gasteiger partial charge is 0.128 e. The number of piperazine rings is 1. The lowest BCUT2D eigenvalue weighted by Gasteiger charge is -2.35. The van der Waals surface area contributed by atoms with E-state index in [1.54, 1.807) is 12.7 Å². The summed E-state index contributed by atoms with van der Waals surface area (Å²) in [6.07, 6.45) is 8.25. The third-order valence-electron chi connectivity index (χ3n) is 6.18. The molecule has 4 nitrogen and oxygen atoms in total. The zero-order valence-corrected chi connectivity index (χ0v) is 16.4. The molecule has 27 heavy (non-hydrogen) atoms. The van der Waals surface area contributed by atoms with Crippen LogP contribution in [0.15, 0.2) is 42.6 Å². The van der Waals surface area contributed by atoms with Crippen LogP contribution in [-0.4, -0.2) is 49.7 Å². The molecule has 144 valence electrons. The summed E-state index contributed by atoms with van der Waals surface area (Å²) < 4.78 is 5.59. The van der Waals surface area contributed by atoms with E-state index < -0.39 is 0 Å². The normalized spacial score (nSPS) is 20.3. The van der Waals surface area contributed by atoms with Crippen LogP contribution >= 0.6 is 0 Å². The van der Waals surface area contributed by atoms with Crippen molar-refractivity contribution in [3.8, 4) is 5.75 Å². The minimum atomic E-state index is 0.707. The molecule has 1 saturated heterocycles. The highest BCUT2D eigenvalue weighted by molar-refractivity contribution is 5.43. The second kappa shape index (κ2) is 8.75. The van der Waals surface area contributed by atoms with Crippen LogP contribution in [-0.2, 0) is 6.42 Å². The van der Waals surface area contributed by atoms with E-state index in [2.05, 4.69) is 45.1 Å². The fourth-order valence-electron chi connectivity index (χ4n) is 4.71. The van der Waals surface area contributed by atoms with Crippen molar-refractivity contribution in [3.63, 3.8) is 0 Å². The third kappa shape index (κ3) is 4.27. The molecule has 1 atom stereocenters. The molecular weight excluding hydrogens is 334 g/mol. The minimum Gasteiger partial charge on any atom is -0.496 e. The van der Waals surface area contributed by atoms with Crippen LogP contribution in [0.4, 0.5) is 5.82 Å². The summed E-state index contributed by atoms with van der Waals surface area (Å²) in [4.78, 5) is 9.51. The molecule has 4 heteroatoms. The zero-order valence-electron chi connectivity index (χ0n) is 16.4. The lowest BCUT2D eigenvalue weighted by molar-refractivity contribution is 0.248. The van der Waals surface area contributed by atoms with Gasteiger partial charge in [-0.2, -0.15) is 0 Å². The van der Waals surface area contributed by atoms with Gasteiger partial charge in [0.05, 0.1) is 7.11 Å². The van der Waals surface area contributed by atoms with E-state index in [1.807, 2.05) is 12.3 Å². The van der Waals surface area contributed by atoms with E-state index in [0.29, 0.717) is 5.92 Å². The van der Waals surface area contributed by atoms with Gasteiger partial charge in [-0.3, -0.25) is 4.90 Å². The number of anilines is 1. The Labute approximate surface area is 163 Å². The maximum Gasteiger partial charge on any atom is 0.128 e. The summed E-state index contributed by atoms with van der Waals surface area (Å²) in [6.45, 7) is 5.67. The van der Waals surface area contributed by atoms with Gasteiger partial charge in [0.2, 0.25) is 0 Å². The van der Waals surface area contributed by atoms with Crippen LogP contribution < -0.4 is 9.64 Å². The van der Waals surface area contributed by atoms with Crippen molar-refractivity contribution in [2.45, 2.75) is 38.0 Å². The number of benzene rings is 1. The average molecular weight is 366 g/mol. The molecule has 0 saturated carbocycles. The number of rotatable bonds is 6. The van der Waals surface area contributed by atoms with Crippen LogP contribution in [0.3, 0.4) is 0 Å². The molecule has 1 fully saturated rings. The highest BCUT2D eigenvalue weighted by atomic mass is 16.5. The number of ether oxygens (including phenoxy) is 1. The Morgan fingerprint density at radius 2 is 1.96 bits per heavy atom. The first kappa shape index (κ1) is 18.3. The van der Waals surface area contributed by atoms with Gasteiger partial charge in [0, 0.05) is 32.4 Å². The Hall–Kier alpha value is -2.07. The van der Waals surface area contributed by atoms with Gasteiger partial charge in [0.15, 0.2) is 0 Å². The quantitative estimate of drug-likeness (QED) is 0.770. The second-order valence-corrected chi connectivity index (χ2v) is 7.78. The molecule has 2 aromatic rings. The highest BCUT2D eigenvalue weighted by Crippen LogP contribution is 2.38. The van der Waals surface area contributed by atoms with E-state index in [9.17, 15) is 0 Å². The maximum absolute atomic E-state index is 5.59. The van der Waals surface area contributed by atoms with Gasteiger partial charge in [0.1, 0.15) is 11.6 Å². The van der Waals surface area contributed by atoms with E-state index in [-0.39, 0.29) is 0 Å². The first-order chi connectivity index (χ1) is 13.3. The van der Waals surface area contributed by atoms with Crippen molar-refractivity contribution in [2.24, 2.45) is 0 Å². The number of nitrogens with zero attached hydrogens (tertiary/aromatic N) is 3. The molecule has 0 unspecified atom stereocenters. The van der Waals surface area contributed by atoms with Crippen molar-refractivity contribution < 1.29 is 4.74 Å². The van der Waals surface area contributed by atoms with Crippen molar-refractivity contribution in [2.75, 3.05) is 44.7 Å². The van der Waals surface area contributed by atoms with E-state index >= 15 is 0 Å². The van der Waals surface area contributed by atoms with Gasteiger partial charge in [0.25, 0.3) is 0 Å². The van der Waals surface area contributed by atoms with Crippen LogP contribution in [0.2, 0.25) is 0 Å². The molecule has 1 aliphatic heterocycles. The summed E-state index contributed by atoms with van der Waals surface area (Å²) in [5.41, 5.74) is 3.00. The molecular formula is C23H31N3O. The number of pyridine rings is 1. The molecule has 0 bridgehead atoms. The molecule has 2 aliphatic rings. The number of aromatic nitrogens is 1. The first-order valence-corrected chi connectivity index (χ1v) is 10.4. The lowest BCUT2D eigenvalue weighted by atomic mass is 9.80. The summed E-state index contributed by atoms with van der Waals surface area (Å²) in [6, 6.07) is 12.8. The van der Waals surface area contributed by atoms with Crippen LogP contribution in [0.1, 0.15) is 42.7 Å². The Kier molecular flexibility index (Phi) is 5.93. The first-order valence-electron chi connectivity index (χ1n) is 10.4. The SMILES string of the molecule is COc1cccc2c1CCC[C@@H]2CCCN1CCN(c2ccccn2)CC1. The predicted molar refractivity (Wildman–Crippen MR) is 111 cm³/mol. The molecule has 0 radical (unpaired) electrons. The molecule has 0 amide bonds. The fourth-order valence-corrected chi connectivity index (χ4v) is 4.71. The summed E-state index contributed by atoms with van der Waals surface area (Å²) in [7, 11) is 1.80. The number of hydrogen-bond donors (Lipinski definition) is 0. The van der Waals surface area contributed by atoms with Gasteiger partial charge in [-0.15, -0.1) is 0 Å². The molecule has 1 aromatic carbocycles. The lowest BCUT2D eigenvalue weighted by Crippen LogP contribution is -2.46. The molecule has 1 aromatic heterocycles. The Bertz CT molecular complexity index is 726. The van der Waals surface area contributed by atoms with Gasteiger partial charge in [-0.25, -0.2) is 4.98 Å². The topological polar surface area (TPSA) is 28.6 Å². The van der Waals surface area contributed by atoms with Crippen LogP contribution in [0.5, 0.6) is 5.75 Å². The zero-order chi connectivity index (χ0) is 18.5. The second-order valence-electron chi connectivity index (χ2n) is 7.78. The largest absolute Gasteiger partial charge is 0.496 e. The Balaban J connectivity index is 1.26. The summed E-state index contributed by atoms with van der Waals surface area (Å²) in [5, 5.41) is 0. The van der Waals surface area contributed by atoms with Crippen molar-refractivity contribution in [1.82, 2.24) is 9.88 Å². The fraction of sp³-hybridized carbons (Fsp3) is 0.522. The third-order valence-corrected chi connectivity index (χ3v) is 6.18. The summed E-state index contributed by atoms with van der Waals surface area (Å²) >= 11 is 0. The van der Waals surface area contributed by atoms with E-state index in [4.69, 9.17) is 4.74 Å². The summed E-state index contributed by atoms with van der Waals surface area (Å²) in [5.74, 6) is 2.91. The molecule has 2 heterocycles.